The number of aryl methyl sites for hydroxylation is 1. The molecule has 55 heteroatoms. The molecule has 43 nitrogen and oxygen atoms in total. The smallest absolute Gasteiger partial charge is 0.386 e. The zero-order valence-electron chi connectivity index (χ0n) is 53.4. The van der Waals surface area contributed by atoms with Crippen LogP contribution >= 0.6 is 39.2 Å². The number of aliphatic hydroxyl groups excluding tert-OH is 2. The lowest BCUT2D eigenvalue weighted by Gasteiger charge is -2.28. The lowest BCUT2D eigenvalue weighted by atomic mass is 10.1. The Kier molecular flexibility index (Phi) is 21.4. The van der Waals surface area contributed by atoms with Gasteiger partial charge < -0.3 is 106 Å². The highest BCUT2D eigenvalue weighted by Crippen LogP contribution is 2.59. The molecular weight excluding hydrogens is 1570 g/mol. The first kappa shape index (κ1) is 75.7. The molecule has 7 aliphatic heterocycles. The Labute approximate surface area is 606 Å². The van der Waals surface area contributed by atoms with E-state index in [-0.39, 0.29) is 93.9 Å². The van der Waals surface area contributed by atoms with Crippen molar-refractivity contribution in [1.82, 2.24) is 68.5 Å². The van der Waals surface area contributed by atoms with Crippen molar-refractivity contribution in [2.24, 2.45) is 0 Å². The summed E-state index contributed by atoms with van der Waals surface area (Å²) in [6, 6.07) is 0. The number of nitrogens with one attached hydrogen (secondary N) is 3. The number of rotatable bonds is 26. The summed E-state index contributed by atoms with van der Waals surface area (Å²) < 4.78 is 163. The maximum absolute atomic E-state index is 17.5. The molecule has 7 aromatic heterocycles. The van der Waals surface area contributed by atoms with Gasteiger partial charge in [-0.25, -0.2) is 76.8 Å². The highest BCUT2D eigenvalue weighted by molar-refractivity contribution is 8.44. The first-order valence-electron chi connectivity index (χ1n) is 31.0. The molecule has 5 fully saturated rings. The zero-order valence-corrected chi connectivity index (χ0v) is 60.3. The minimum atomic E-state index is -5.10. The quantitative estimate of drug-likeness (QED) is 0.0189. The number of aromatic amines is 1. The molecule has 14 rings (SSSR count). The Morgan fingerprint density at radius 3 is 1.44 bits per heavy atom. The molecule has 7 aliphatic rings. The topological polar surface area (TPSA) is 566 Å². The van der Waals surface area contributed by atoms with Crippen molar-refractivity contribution in [3.8, 4) is 0 Å². The predicted molar refractivity (Wildman–Crippen MR) is 366 cm³/mol. The van der Waals surface area contributed by atoms with E-state index in [1.807, 2.05) is 0 Å². The number of nitrogens with two attached hydrogens (primary N) is 4. The van der Waals surface area contributed by atoms with Crippen LogP contribution in [0.3, 0.4) is 0 Å². The molecule has 7 aromatic rings. The zero-order chi connectivity index (χ0) is 74.5. The number of anilines is 8. The van der Waals surface area contributed by atoms with Crippen LogP contribution in [-0.4, -0.2) is 238 Å². The Balaban J connectivity index is 0.687. The van der Waals surface area contributed by atoms with E-state index < -0.39 is 188 Å². The molecule has 16 N–H and O–H groups in total. The molecule has 14 heterocycles. The van der Waals surface area contributed by atoms with Gasteiger partial charge in [0.2, 0.25) is 0 Å². The molecular formula is C50H62F4N22O21P4S4. The summed E-state index contributed by atoms with van der Waals surface area (Å²) in [4.78, 5) is 105. The van der Waals surface area contributed by atoms with Crippen molar-refractivity contribution in [2.45, 2.75) is 130 Å². The second-order valence-corrected chi connectivity index (χ2v) is 35.4. The normalized spacial score (nSPS) is 32.5. The van der Waals surface area contributed by atoms with Gasteiger partial charge in [0.1, 0.15) is 109 Å². The van der Waals surface area contributed by atoms with Crippen LogP contribution in [0.15, 0.2) is 53.7 Å². The molecule has 0 amide bonds. The fraction of sp³-hybridized carbons (Fsp3) is 0.560. The lowest BCUT2D eigenvalue weighted by molar-refractivity contribution is -0.0507. The number of aromatic nitrogens is 14. The van der Waals surface area contributed by atoms with E-state index in [9.17, 15) is 39.0 Å². The first-order chi connectivity index (χ1) is 49.9. The highest BCUT2D eigenvalue weighted by Gasteiger charge is 2.58. The van der Waals surface area contributed by atoms with E-state index in [1.165, 1.54) is 22.9 Å². The van der Waals surface area contributed by atoms with E-state index in [2.05, 4.69) is 77.7 Å². The Bertz CT molecular complexity index is 4780. The number of hydrogen-bond acceptors (Lipinski definition) is 39. The lowest BCUT2D eigenvalue weighted by Crippen LogP contribution is -2.43. The van der Waals surface area contributed by atoms with Crippen LogP contribution in [0.2, 0.25) is 0 Å². The van der Waals surface area contributed by atoms with Gasteiger partial charge >= 0.3 is 32.6 Å². The number of alkyl halides is 4. The molecule has 570 valence electrons. The van der Waals surface area contributed by atoms with Gasteiger partial charge in [-0.05, 0) is 42.3 Å². The fourth-order valence-electron chi connectivity index (χ4n) is 12.6. The second-order valence-electron chi connectivity index (χ2n) is 24.2. The Hall–Kier alpha value is -6.13. The van der Waals surface area contributed by atoms with Crippen molar-refractivity contribution >= 4 is 143 Å². The van der Waals surface area contributed by atoms with Crippen molar-refractivity contribution in [2.75, 3.05) is 89.7 Å². The summed E-state index contributed by atoms with van der Waals surface area (Å²) in [5.74, 6) is -0.122. The molecule has 5 saturated heterocycles. The molecule has 0 bridgehead atoms. The van der Waals surface area contributed by atoms with Gasteiger partial charge in [0.15, 0.2) is 95.8 Å². The van der Waals surface area contributed by atoms with Crippen LogP contribution in [0.25, 0.3) is 22.3 Å². The van der Waals surface area contributed by atoms with E-state index in [1.54, 1.807) is 0 Å². The molecule has 105 heavy (non-hydrogen) atoms. The van der Waals surface area contributed by atoms with E-state index >= 15 is 17.6 Å². The van der Waals surface area contributed by atoms with Gasteiger partial charge in [0.25, 0.3) is 5.56 Å². The number of hydrogen-bond donors (Lipinski definition) is 13. The molecule has 0 saturated carbocycles. The van der Waals surface area contributed by atoms with Gasteiger partial charge in [0, 0.05) is 18.2 Å². The van der Waals surface area contributed by atoms with Crippen LogP contribution in [-0.2, 0) is 99.9 Å². The minimum absolute atomic E-state index is 0.0186. The first-order valence-corrected chi connectivity index (χ1v) is 41.5. The van der Waals surface area contributed by atoms with Gasteiger partial charge in [0.05, 0.1) is 65.1 Å². The van der Waals surface area contributed by atoms with E-state index in [0.717, 1.165) is 51.7 Å². The van der Waals surface area contributed by atoms with Crippen LogP contribution < -0.4 is 54.6 Å². The number of fused-ring (bicyclic) bond motifs is 4. The van der Waals surface area contributed by atoms with E-state index in [4.69, 9.17) is 118 Å². The minimum Gasteiger partial charge on any atom is -0.394 e. The third-order valence-corrected chi connectivity index (χ3v) is 23.9. The van der Waals surface area contributed by atoms with Crippen LogP contribution in [0, 0.1) is 6.92 Å². The number of ether oxygens (including phenoxy) is 5. The highest BCUT2D eigenvalue weighted by atomic mass is 32.7. The van der Waals surface area contributed by atoms with Gasteiger partial charge in [-0.2, -0.15) is 0 Å². The largest absolute Gasteiger partial charge is 0.394 e. The monoisotopic (exact) mass is 1630 g/mol. The molecule has 0 aliphatic carbocycles. The summed E-state index contributed by atoms with van der Waals surface area (Å²) in [5.41, 5.74) is 23.2. The van der Waals surface area contributed by atoms with Gasteiger partial charge in [-0.15, -0.1) is 0 Å². The predicted octanol–water partition coefficient (Wildman–Crippen LogP) is -0.254. The van der Waals surface area contributed by atoms with Crippen LogP contribution in [0.1, 0.15) is 30.7 Å². The van der Waals surface area contributed by atoms with Crippen molar-refractivity contribution in [3.63, 3.8) is 0 Å². The second kappa shape index (κ2) is 29.7. The number of nitrogen functional groups attached to an aromatic ring is 4. The summed E-state index contributed by atoms with van der Waals surface area (Å²) in [7, 11) is 0. The third kappa shape index (κ3) is 15.1. The van der Waals surface area contributed by atoms with Gasteiger partial charge in [-0.3, -0.25) is 46.1 Å². The van der Waals surface area contributed by atoms with Crippen LogP contribution in [0.5, 0.6) is 0 Å². The molecule has 0 radical (unpaired) electrons. The number of thiol groups is 1. The number of aliphatic hydroxyl groups is 2. The third-order valence-electron chi connectivity index (χ3n) is 17.6. The summed E-state index contributed by atoms with van der Waals surface area (Å²) in [6.45, 7) is -23.0. The Morgan fingerprint density at radius 2 is 0.962 bits per heavy atom. The SMILES string of the molecule is Cc1cn([C@H]2C[C@H](O)[C@@H](COP(O)(=S)O[C@@H]3C(COP(=O)(S)O[C@H]4[C@@H](F)[C@H](n5cnc6c(N)ncnc65)O[C@@H]4COP(O)(=S)O[C@H]4[C@@H](F)[C@H](N5CNc6c(N)ncnc65)O[C@@H]4COP(O)(=S)O[C@H]4[C@@H](F)[C@H](n5cnc6c(N)ncnc65)O[C@@H]4CO)O[C@@H](N4CNc5c(N)ncnc54)[C@@H]3F)O2)c(=O)[nH]c1=O. The number of H-pyrrole nitrogens is 1. The van der Waals surface area contributed by atoms with Crippen LogP contribution in [0.4, 0.5) is 63.8 Å². The maximum atomic E-state index is 17.5. The molecule has 0 spiro atoms. The Morgan fingerprint density at radius 1 is 0.562 bits per heavy atom. The average molecular weight is 1640 g/mol. The number of imidazole rings is 2. The maximum Gasteiger partial charge on any atom is 0.386 e. The van der Waals surface area contributed by atoms with E-state index in [0.29, 0.717) is 0 Å². The van der Waals surface area contributed by atoms with Gasteiger partial charge in [-0.1, -0.05) is 12.2 Å². The summed E-state index contributed by atoms with van der Waals surface area (Å²) in [5, 5.41) is 27.1. The van der Waals surface area contributed by atoms with Crippen molar-refractivity contribution in [1.29, 1.82) is 0 Å². The molecule has 23 atom stereocenters. The summed E-state index contributed by atoms with van der Waals surface area (Å²) >= 11 is 20.3. The average Bonchev–Trinajstić information content (AvgIpc) is 1.61. The number of nitrogens with zero attached hydrogens (tertiary/aromatic N) is 15. The number of halogens is 4. The molecule has 0 aromatic carbocycles. The summed E-state index contributed by atoms with van der Waals surface area (Å²) in [6.07, 6.45) is -27.3. The van der Waals surface area contributed by atoms with Crippen molar-refractivity contribution < 1.29 is 107 Å². The fourth-order valence-corrected chi connectivity index (χ4v) is 18.4. The standard InChI is InChI=1S/C50H62F4N22O21P4S4/c1-17-3-72(50(80)71-45(17)79)24-2-18(78)20(89-24)5-85-98(81,102)95-34-22(92-47(26(34)52)74-14-68-30-38(56)60-10-64-42(30)74)7-87-100(83,104)97-36-23(93-49(28(36)54)76-16-70-32-40(58)62-12-66-44(32)76)8-88-101(84,105)96-35-21(91-48(27(35)53)75-15-69-31-39(57)61-11-65-43(31)75)6-86-99(82,103)94-33-19(4-77)90-46(25(33)51)73-13-67-29-37(55)59-9-63-41(29)73/h3,9-13,16,18-28,33-36,46-49,68-69,77-78H,2,4-8,14-15H2,1H3,(H,81,102)(H,82,103)(H,83,104)(H,84,105)(H2,55,59,63)(H2,56,60,64)(H2,57,61,65)(H2,58,62,66)(H,71,79,80)/t18-,19+,20+,21+,22?,23+,24+,25+,26+,27+,28+,33+,34+,35+,36+,46+,47+,48+,49+,98?,99?,100?,101?/m0/s1. The molecule has 5 unspecified atom stereocenters. The van der Waals surface area contributed by atoms with Crippen molar-refractivity contribution in [3.05, 3.63) is 70.6 Å².